The van der Waals surface area contributed by atoms with Gasteiger partial charge in [0.1, 0.15) is 11.5 Å². The van der Waals surface area contributed by atoms with Gasteiger partial charge in [0.05, 0.1) is 46.2 Å². The number of carbonyl (C=O) groups is 4. The van der Waals surface area contributed by atoms with Crippen LogP contribution in [0.3, 0.4) is 0 Å². The van der Waals surface area contributed by atoms with E-state index in [1.54, 1.807) is 24.3 Å². The molecule has 0 aliphatic heterocycles. The molecule has 7 N–H and O–H groups in total. The van der Waals surface area contributed by atoms with Crippen molar-refractivity contribution in [2.45, 2.75) is 44.8 Å². The first-order valence-corrected chi connectivity index (χ1v) is 14.2. The van der Waals surface area contributed by atoms with Gasteiger partial charge in [-0.15, -0.1) is 0 Å². The average Bonchev–Trinajstić information content (AvgIpc) is 2.96. The maximum Gasteiger partial charge on any atom is 0.312 e. The fourth-order valence-electron chi connectivity index (χ4n) is 4.19. The van der Waals surface area contributed by atoms with Crippen LogP contribution in [0, 0.1) is 5.41 Å². The van der Waals surface area contributed by atoms with Gasteiger partial charge in [0.15, 0.2) is 0 Å². The lowest BCUT2D eigenvalue weighted by molar-refractivity contribution is -0.151. The Bertz CT molecular complexity index is 1080. The van der Waals surface area contributed by atoms with Crippen molar-refractivity contribution in [2.75, 3.05) is 64.6 Å². The molecular weight excluding hydrogens is 564 g/mol. The molecule has 1 aromatic carbocycles. The smallest absolute Gasteiger partial charge is 0.312 e. The summed E-state index contributed by atoms with van der Waals surface area (Å²) in [5.41, 5.74) is 13.2. The Morgan fingerprint density at radius 1 is 0.953 bits per heavy atom. The highest BCUT2D eigenvalue weighted by Crippen LogP contribution is 2.41. The van der Waals surface area contributed by atoms with Gasteiger partial charge in [-0.3, -0.25) is 14.4 Å². The van der Waals surface area contributed by atoms with Crippen LogP contribution < -0.4 is 27.0 Å². The van der Waals surface area contributed by atoms with Crippen molar-refractivity contribution < 1.29 is 38.5 Å². The summed E-state index contributed by atoms with van der Waals surface area (Å²) in [5, 5.41) is 23.3. The number of hydrogen-bond acceptors (Lipinski definition) is 9. The number of aliphatic hydroxyl groups is 1. The number of amides is 5. The topological polar surface area (TPSA) is 239 Å². The summed E-state index contributed by atoms with van der Waals surface area (Å²) >= 11 is 0. The van der Waals surface area contributed by atoms with E-state index >= 15 is 0 Å². The van der Waals surface area contributed by atoms with E-state index in [4.69, 9.17) is 25.5 Å². The maximum absolute atomic E-state index is 13.4. The molecule has 0 aromatic heterocycles. The second-order valence-corrected chi connectivity index (χ2v) is 9.79. The summed E-state index contributed by atoms with van der Waals surface area (Å²) in [6.45, 7) is 2.47. The monoisotopic (exact) mass is 606 g/mol. The number of nitrogens with one attached hydrogen (secondary N) is 4. The number of rotatable bonds is 22. The van der Waals surface area contributed by atoms with Crippen LogP contribution in [0.4, 0.5) is 10.5 Å². The largest absolute Gasteiger partial charge is 0.392 e. The fraction of sp³-hybridized carbons (Fsp3) is 0.630. The number of carbonyl (C=O) groups excluding carboxylic acids is 4. The number of primary amides is 1. The zero-order valence-electron chi connectivity index (χ0n) is 24.2. The molecule has 0 bridgehead atoms. The van der Waals surface area contributed by atoms with Gasteiger partial charge < -0.3 is 46.3 Å². The Morgan fingerprint density at radius 3 is 2.19 bits per heavy atom. The van der Waals surface area contributed by atoms with Crippen LogP contribution in [0.5, 0.6) is 0 Å². The number of hydrogen-bond donors (Lipinski definition) is 6. The molecule has 1 fully saturated rings. The molecule has 16 heteroatoms. The summed E-state index contributed by atoms with van der Waals surface area (Å²) < 4.78 is 16.1. The van der Waals surface area contributed by atoms with Crippen LogP contribution in [0.25, 0.3) is 10.4 Å². The van der Waals surface area contributed by atoms with Gasteiger partial charge in [-0.1, -0.05) is 23.7 Å². The van der Waals surface area contributed by atoms with E-state index < -0.39 is 35.2 Å². The molecule has 238 valence electrons. The van der Waals surface area contributed by atoms with Crippen molar-refractivity contribution in [1.82, 2.24) is 16.0 Å². The van der Waals surface area contributed by atoms with Gasteiger partial charge >= 0.3 is 6.03 Å². The second kappa shape index (κ2) is 20.0. The third-order valence-corrected chi connectivity index (χ3v) is 6.75. The Hall–Kier alpha value is -3.95. The second-order valence-electron chi connectivity index (χ2n) is 9.79. The molecule has 1 unspecified atom stereocenters. The first-order chi connectivity index (χ1) is 20.8. The van der Waals surface area contributed by atoms with Gasteiger partial charge in [0, 0.05) is 30.2 Å². The standard InChI is InChI=1S/C27H42N8O8/c28-26(40)31-10-1-3-22(23(37)33-21-6-4-20(19-36)5-7-21)34-25(39)27(8-2-9-27)24(38)30-11-13-41-15-17-43-18-16-42-14-12-32-35-29/h4-7,22,36H,1-3,8-19H2,(H,30,38)(H,33,37)(H,34,39)(H3,28,31,40). The summed E-state index contributed by atoms with van der Waals surface area (Å²) in [4.78, 5) is 53.2. The quantitative estimate of drug-likeness (QED) is 0.0360. The predicted octanol–water partition coefficient (Wildman–Crippen LogP) is 0.697. The Balaban J connectivity index is 1.80. The number of nitrogens with zero attached hydrogens (tertiary/aromatic N) is 3. The predicted molar refractivity (Wildman–Crippen MR) is 156 cm³/mol. The molecule has 1 aromatic rings. The molecule has 0 saturated heterocycles. The van der Waals surface area contributed by atoms with Crippen LogP contribution in [0.15, 0.2) is 29.4 Å². The highest BCUT2D eigenvalue weighted by atomic mass is 16.5. The molecule has 0 heterocycles. The number of azide groups is 1. The molecule has 1 aliphatic carbocycles. The number of anilines is 1. The normalized spacial score (nSPS) is 14.0. The van der Waals surface area contributed by atoms with E-state index in [1.807, 2.05) is 0 Å². The van der Waals surface area contributed by atoms with Gasteiger partial charge in [0.2, 0.25) is 17.7 Å². The number of ether oxygens (including phenoxy) is 3. The third-order valence-electron chi connectivity index (χ3n) is 6.75. The lowest BCUT2D eigenvalue weighted by Crippen LogP contribution is -2.58. The Kier molecular flexibility index (Phi) is 16.4. The van der Waals surface area contributed by atoms with Crippen LogP contribution >= 0.6 is 0 Å². The molecule has 0 spiro atoms. The summed E-state index contributed by atoms with van der Waals surface area (Å²) in [7, 11) is 0. The van der Waals surface area contributed by atoms with Crippen molar-refractivity contribution in [3.8, 4) is 0 Å². The highest BCUT2D eigenvalue weighted by Gasteiger charge is 2.51. The van der Waals surface area contributed by atoms with Crippen LogP contribution in [0.1, 0.15) is 37.7 Å². The van der Waals surface area contributed by atoms with Gasteiger partial charge in [0.25, 0.3) is 0 Å². The number of benzene rings is 1. The highest BCUT2D eigenvalue weighted by molar-refractivity contribution is 6.07. The van der Waals surface area contributed by atoms with Crippen LogP contribution in [0.2, 0.25) is 0 Å². The van der Waals surface area contributed by atoms with E-state index in [0.29, 0.717) is 70.0 Å². The third kappa shape index (κ3) is 12.8. The molecule has 5 amide bonds. The van der Waals surface area contributed by atoms with Crippen molar-refractivity contribution in [3.05, 3.63) is 40.3 Å². The van der Waals surface area contributed by atoms with E-state index in [9.17, 15) is 24.3 Å². The Morgan fingerprint density at radius 2 is 1.60 bits per heavy atom. The molecular formula is C27H42N8O8. The molecule has 43 heavy (non-hydrogen) atoms. The molecule has 1 atom stereocenters. The van der Waals surface area contributed by atoms with Crippen molar-refractivity contribution in [2.24, 2.45) is 16.3 Å². The first kappa shape index (κ1) is 35.2. The van der Waals surface area contributed by atoms with Gasteiger partial charge in [-0.2, -0.15) is 0 Å². The lowest BCUT2D eigenvalue weighted by Gasteiger charge is -2.39. The number of aliphatic hydroxyl groups excluding tert-OH is 1. The zero-order chi connectivity index (χ0) is 31.3. The average molecular weight is 607 g/mol. The van der Waals surface area contributed by atoms with Gasteiger partial charge in [-0.05, 0) is 48.9 Å². The minimum Gasteiger partial charge on any atom is -0.392 e. The summed E-state index contributed by atoms with van der Waals surface area (Å²) in [5.74, 6) is -1.44. The van der Waals surface area contributed by atoms with E-state index in [1.165, 1.54) is 0 Å². The fourth-order valence-corrected chi connectivity index (χ4v) is 4.19. The molecule has 0 radical (unpaired) electrons. The SMILES string of the molecule is [N-]=[N+]=NCCOCCOCCOCCNC(=O)C1(C(=O)NC(CCCNC(N)=O)C(=O)Nc2ccc(CO)cc2)CCC1. The van der Waals surface area contributed by atoms with E-state index in [0.717, 1.165) is 0 Å². The lowest BCUT2D eigenvalue weighted by atomic mass is 9.67. The molecule has 16 nitrogen and oxygen atoms in total. The molecule has 1 saturated carbocycles. The van der Waals surface area contributed by atoms with Crippen LogP contribution in [-0.4, -0.2) is 94.2 Å². The van der Waals surface area contributed by atoms with E-state index in [2.05, 4.69) is 31.3 Å². The van der Waals surface area contributed by atoms with Crippen LogP contribution in [-0.2, 0) is 35.2 Å². The van der Waals surface area contributed by atoms with Crippen molar-refractivity contribution in [3.63, 3.8) is 0 Å². The minimum atomic E-state index is -1.28. The summed E-state index contributed by atoms with van der Waals surface area (Å²) in [6.07, 6.45) is 1.95. The zero-order valence-corrected chi connectivity index (χ0v) is 24.2. The number of urea groups is 1. The van der Waals surface area contributed by atoms with E-state index in [-0.39, 0.29) is 39.3 Å². The molecule has 1 aliphatic rings. The first-order valence-electron chi connectivity index (χ1n) is 14.2. The summed E-state index contributed by atoms with van der Waals surface area (Å²) in [6, 6.07) is 4.94. The van der Waals surface area contributed by atoms with Crippen molar-refractivity contribution in [1.29, 1.82) is 0 Å². The maximum atomic E-state index is 13.4. The minimum absolute atomic E-state index is 0.136. The number of nitrogens with two attached hydrogens (primary N) is 1. The molecule has 2 rings (SSSR count). The van der Waals surface area contributed by atoms with Gasteiger partial charge in [-0.25, -0.2) is 4.79 Å². The van der Waals surface area contributed by atoms with Crippen molar-refractivity contribution >= 4 is 29.4 Å². The Labute approximate surface area is 250 Å².